The maximum absolute atomic E-state index is 4.64. The second-order valence-electron chi connectivity index (χ2n) is 4.25. The summed E-state index contributed by atoms with van der Waals surface area (Å²) in [6, 6.07) is 11.8. The van der Waals surface area contributed by atoms with Gasteiger partial charge in [0, 0.05) is 25.0 Å². The molecule has 1 N–H and O–H groups in total. The average Bonchev–Trinajstić information content (AvgIpc) is 2.56. The lowest BCUT2D eigenvalue weighted by atomic mass is 10.1. The van der Waals surface area contributed by atoms with E-state index in [4.69, 9.17) is 0 Å². The second-order valence-corrected chi connectivity index (χ2v) is 5.33. The number of nitrogens with zero attached hydrogens (tertiary/aromatic N) is 4. The summed E-state index contributed by atoms with van der Waals surface area (Å²) in [6.07, 6.45) is 3.37. The highest BCUT2D eigenvalue weighted by atomic mass is 127. The average molecular weight is 389 g/mol. The van der Waals surface area contributed by atoms with Crippen LogP contribution in [0.25, 0.3) is 22.9 Å². The Kier molecular flexibility index (Phi) is 4.05. The van der Waals surface area contributed by atoms with Crippen molar-refractivity contribution >= 4 is 28.4 Å². The Bertz CT molecular complexity index is 747. The first kappa shape index (κ1) is 13.9. The van der Waals surface area contributed by atoms with Crippen LogP contribution in [0.3, 0.4) is 0 Å². The van der Waals surface area contributed by atoms with Gasteiger partial charge in [0.1, 0.15) is 5.82 Å². The minimum atomic E-state index is 0.513. The molecule has 0 saturated heterocycles. The van der Waals surface area contributed by atoms with Gasteiger partial charge < -0.3 is 5.32 Å². The summed E-state index contributed by atoms with van der Waals surface area (Å²) in [5.74, 6) is 1.80. The highest BCUT2D eigenvalue weighted by Gasteiger charge is 2.15. The first-order valence-corrected chi connectivity index (χ1v) is 7.45. The standard InChI is InChI=1S/C15H12IN5/c1-17-13-11(16)12(10-6-3-2-4-7-10)20-15(21-13)14-18-8-5-9-19-14/h2-9H,1H3,(H,17,20,21). The summed E-state index contributed by atoms with van der Waals surface area (Å²) in [5, 5.41) is 3.10. The second kappa shape index (κ2) is 6.13. The van der Waals surface area contributed by atoms with Crippen molar-refractivity contribution < 1.29 is 0 Å². The van der Waals surface area contributed by atoms with Gasteiger partial charge in [0.05, 0.1) is 9.26 Å². The number of halogens is 1. The maximum Gasteiger partial charge on any atom is 0.200 e. The van der Waals surface area contributed by atoms with Crippen LogP contribution in [0.2, 0.25) is 0 Å². The third-order valence-corrected chi connectivity index (χ3v) is 3.92. The summed E-state index contributed by atoms with van der Waals surface area (Å²) in [6.45, 7) is 0. The topological polar surface area (TPSA) is 63.6 Å². The van der Waals surface area contributed by atoms with Crippen LogP contribution in [-0.4, -0.2) is 27.0 Å². The normalized spacial score (nSPS) is 10.4. The van der Waals surface area contributed by atoms with Crippen molar-refractivity contribution in [3.05, 3.63) is 52.4 Å². The smallest absolute Gasteiger partial charge is 0.200 e. The van der Waals surface area contributed by atoms with Crippen LogP contribution in [0, 0.1) is 3.57 Å². The zero-order chi connectivity index (χ0) is 14.7. The SMILES string of the molecule is CNc1nc(-c2ncccn2)nc(-c2ccccc2)c1I. The summed E-state index contributed by atoms with van der Waals surface area (Å²) in [7, 11) is 1.84. The molecule has 0 aliphatic heterocycles. The van der Waals surface area contributed by atoms with Crippen molar-refractivity contribution in [2.75, 3.05) is 12.4 Å². The van der Waals surface area contributed by atoms with Gasteiger partial charge in [-0.3, -0.25) is 0 Å². The molecule has 0 spiro atoms. The molecule has 0 aliphatic carbocycles. The van der Waals surface area contributed by atoms with E-state index in [0.29, 0.717) is 11.6 Å². The van der Waals surface area contributed by atoms with Crippen molar-refractivity contribution in [1.82, 2.24) is 19.9 Å². The van der Waals surface area contributed by atoms with Gasteiger partial charge in [-0.05, 0) is 28.7 Å². The Morgan fingerprint density at radius 2 is 1.62 bits per heavy atom. The molecule has 21 heavy (non-hydrogen) atoms. The Balaban J connectivity index is 2.21. The zero-order valence-corrected chi connectivity index (χ0v) is 13.4. The Labute approximate surface area is 136 Å². The first-order valence-electron chi connectivity index (χ1n) is 6.37. The van der Waals surface area contributed by atoms with E-state index >= 15 is 0 Å². The molecule has 2 aromatic heterocycles. The fraction of sp³-hybridized carbons (Fsp3) is 0.0667. The van der Waals surface area contributed by atoms with Crippen LogP contribution in [0.1, 0.15) is 0 Å². The first-order chi connectivity index (χ1) is 10.3. The number of anilines is 1. The molecule has 0 atom stereocenters. The van der Waals surface area contributed by atoms with Gasteiger partial charge in [-0.25, -0.2) is 19.9 Å². The van der Waals surface area contributed by atoms with Crippen molar-refractivity contribution in [2.24, 2.45) is 0 Å². The Morgan fingerprint density at radius 1 is 0.905 bits per heavy atom. The van der Waals surface area contributed by atoms with Gasteiger partial charge in [0.25, 0.3) is 0 Å². The van der Waals surface area contributed by atoms with E-state index in [-0.39, 0.29) is 0 Å². The van der Waals surface area contributed by atoms with Gasteiger partial charge in [-0.15, -0.1) is 0 Å². The van der Waals surface area contributed by atoms with Gasteiger partial charge in [-0.1, -0.05) is 30.3 Å². The van der Waals surface area contributed by atoms with Crippen LogP contribution < -0.4 is 5.32 Å². The molecule has 0 amide bonds. The molecular formula is C15H12IN5. The van der Waals surface area contributed by atoms with Crippen molar-refractivity contribution in [3.63, 3.8) is 0 Å². The predicted octanol–water partition coefficient (Wildman–Crippen LogP) is 3.25. The lowest BCUT2D eigenvalue weighted by Crippen LogP contribution is -2.04. The summed E-state index contributed by atoms with van der Waals surface area (Å²) < 4.78 is 0.973. The highest BCUT2D eigenvalue weighted by Crippen LogP contribution is 2.29. The highest BCUT2D eigenvalue weighted by molar-refractivity contribution is 14.1. The molecule has 0 fully saturated rings. The quantitative estimate of drug-likeness (QED) is 0.697. The molecule has 1 aromatic carbocycles. The Hall–Kier alpha value is -2.09. The van der Waals surface area contributed by atoms with E-state index in [2.05, 4.69) is 47.8 Å². The third-order valence-electron chi connectivity index (χ3n) is 2.90. The molecule has 0 bridgehead atoms. The van der Waals surface area contributed by atoms with Gasteiger partial charge in [0.2, 0.25) is 0 Å². The maximum atomic E-state index is 4.64. The number of nitrogens with one attached hydrogen (secondary N) is 1. The molecular weight excluding hydrogens is 377 g/mol. The van der Waals surface area contributed by atoms with Gasteiger partial charge in [0.15, 0.2) is 11.6 Å². The third kappa shape index (κ3) is 2.85. The number of aromatic nitrogens is 4. The molecule has 6 heteroatoms. The van der Waals surface area contributed by atoms with Crippen LogP contribution in [-0.2, 0) is 0 Å². The number of hydrogen-bond acceptors (Lipinski definition) is 5. The molecule has 0 saturated carbocycles. The minimum Gasteiger partial charge on any atom is -0.372 e. The molecule has 0 radical (unpaired) electrons. The van der Waals surface area contributed by atoms with Crippen molar-refractivity contribution in [2.45, 2.75) is 0 Å². The van der Waals surface area contributed by atoms with Crippen LogP contribution in [0.15, 0.2) is 48.8 Å². The van der Waals surface area contributed by atoms with Crippen LogP contribution >= 0.6 is 22.6 Å². The predicted molar refractivity (Wildman–Crippen MR) is 90.8 cm³/mol. The van der Waals surface area contributed by atoms with Crippen LogP contribution in [0.4, 0.5) is 5.82 Å². The number of rotatable bonds is 3. The number of benzene rings is 1. The van der Waals surface area contributed by atoms with E-state index in [1.54, 1.807) is 18.5 Å². The van der Waals surface area contributed by atoms with Crippen molar-refractivity contribution in [1.29, 1.82) is 0 Å². The summed E-state index contributed by atoms with van der Waals surface area (Å²) >= 11 is 2.25. The lowest BCUT2D eigenvalue weighted by Gasteiger charge is -2.10. The molecule has 5 nitrogen and oxygen atoms in total. The fourth-order valence-electron chi connectivity index (χ4n) is 1.91. The summed E-state index contributed by atoms with van der Waals surface area (Å²) in [5.41, 5.74) is 1.91. The van der Waals surface area contributed by atoms with Gasteiger partial charge in [-0.2, -0.15) is 0 Å². The van der Waals surface area contributed by atoms with Crippen molar-refractivity contribution in [3.8, 4) is 22.9 Å². The van der Waals surface area contributed by atoms with Crippen LogP contribution in [0.5, 0.6) is 0 Å². The molecule has 0 aliphatic rings. The van der Waals surface area contributed by atoms with E-state index in [0.717, 1.165) is 20.6 Å². The molecule has 3 rings (SSSR count). The minimum absolute atomic E-state index is 0.513. The van der Waals surface area contributed by atoms with E-state index in [1.807, 2.05) is 37.4 Å². The van der Waals surface area contributed by atoms with E-state index in [9.17, 15) is 0 Å². The Morgan fingerprint density at radius 3 is 2.29 bits per heavy atom. The monoisotopic (exact) mass is 389 g/mol. The molecule has 3 aromatic rings. The molecule has 0 unspecified atom stereocenters. The summed E-state index contributed by atoms with van der Waals surface area (Å²) in [4.78, 5) is 17.6. The lowest BCUT2D eigenvalue weighted by molar-refractivity contribution is 1.07. The van der Waals surface area contributed by atoms with E-state index in [1.165, 1.54) is 0 Å². The zero-order valence-electron chi connectivity index (χ0n) is 11.3. The number of hydrogen-bond donors (Lipinski definition) is 1. The molecule has 2 heterocycles. The molecule has 104 valence electrons. The largest absolute Gasteiger partial charge is 0.372 e. The fourth-order valence-corrected chi connectivity index (χ4v) is 2.74. The van der Waals surface area contributed by atoms with E-state index < -0.39 is 0 Å². The van der Waals surface area contributed by atoms with Gasteiger partial charge >= 0.3 is 0 Å².